The highest BCUT2D eigenvalue weighted by atomic mass is 19.1. The van der Waals surface area contributed by atoms with Crippen LogP contribution in [0.15, 0.2) is 42.6 Å². The Hall–Kier alpha value is -2.80. The van der Waals surface area contributed by atoms with Gasteiger partial charge in [0.15, 0.2) is 0 Å². The van der Waals surface area contributed by atoms with Crippen molar-refractivity contribution in [3.05, 3.63) is 59.7 Å². The number of benzene rings is 1. The Labute approximate surface area is 170 Å². The van der Waals surface area contributed by atoms with Crippen LogP contribution in [0.1, 0.15) is 48.7 Å². The molecular weight excluding hydrogens is 373 g/mol. The van der Waals surface area contributed by atoms with E-state index in [1.165, 1.54) is 30.5 Å². The number of hydrogen-bond donors (Lipinski definition) is 1. The molecule has 3 rings (SSSR count). The maximum Gasteiger partial charge on any atom is 0.257 e. The van der Waals surface area contributed by atoms with Gasteiger partial charge in [0.05, 0.1) is 11.7 Å². The lowest BCUT2D eigenvalue weighted by molar-refractivity contribution is -0.138. The van der Waals surface area contributed by atoms with E-state index in [2.05, 4.69) is 10.3 Å². The maximum absolute atomic E-state index is 13.0. The van der Waals surface area contributed by atoms with Crippen LogP contribution >= 0.6 is 0 Å². The van der Waals surface area contributed by atoms with Gasteiger partial charge in [-0.25, -0.2) is 4.39 Å². The summed E-state index contributed by atoms with van der Waals surface area (Å²) in [5.41, 5.74) is 1.81. The summed E-state index contributed by atoms with van der Waals surface area (Å²) in [7, 11) is 0. The molecule has 0 aliphatic carbocycles. The quantitative estimate of drug-likeness (QED) is 0.806. The van der Waals surface area contributed by atoms with Crippen molar-refractivity contribution in [3.8, 4) is 0 Å². The van der Waals surface area contributed by atoms with Crippen LogP contribution in [0.25, 0.3) is 0 Å². The first-order chi connectivity index (χ1) is 13.9. The standard InChI is InChI=1S/C22H26FN3O3/c1-15(2)29-14-21(27)26-11-3-4-17(13-26)20-10-5-16(12-24-20)22(28)25-19-8-6-18(23)7-9-19/h5-10,12,15,17H,3-4,11,13-14H2,1-2H3,(H,25,28)/t17-/m0/s1. The summed E-state index contributed by atoms with van der Waals surface area (Å²) in [5.74, 6) is -0.522. The number of carbonyl (C=O) groups excluding carboxylic acids is 2. The third-order valence-corrected chi connectivity index (χ3v) is 4.88. The van der Waals surface area contributed by atoms with E-state index in [0.29, 0.717) is 17.8 Å². The summed E-state index contributed by atoms with van der Waals surface area (Å²) in [6.45, 7) is 5.25. The molecule has 2 amide bonds. The molecule has 1 saturated heterocycles. The lowest BCUT2D eigenvalue weighted by Gasteiger charge is -2.32. The first-order valence-electron chi connectivity index (χ1n) is 9.84. The van der Waals surface area contributed by atoms with Crippen LogP contribution in [0.3, 0.4) is 0 Å². The normalized spacial score (nSPS) is 16.7. The van der Waals surface area contributed by atoms with Crippen LogP contribution in [-0.2, 0) is 9.53 Å². The van der Waals surface area contributed by atoms with Crippen molar-refractivity contribution in [2.75, 3.05) is 25.0 Å². The fraction of sp³-hybridized carbons (Fsp3) is 0.409. The number of amides is 2. The van der Waals surface area contributed by atoms with Crippen molar-refractivity contribution in [1.82, 2.24) is 9.88 Å². The third-order valence-electron chi connectivity index (χ3n) is 4.88. The molecular formula is C22H26FN3O3. The average molecular weight is 399 g/mol. The molecule has 1 fully saturated rings. The van der Waals surface area contributed by atoms with Gasteiger partial charge in [-0.3, -0.25) is 14.6 Å². The minimum atomic E-state index is -0.357. The number of pyridine rings is 1. The zero-order valence-electron chi connectivity index (χ0n) is 16.7. The van der Waals surface area contributed by atoms with Gasteiger partial charge in [0.25, 0.3) is 5.91 Å². The summed E-state index contributed by atoms with van der Waals surface area (Å²) >= 11 is 0. The molecule has 0 saturated carbocycles. The number of likely N-dealkylation sites (tertiary alicyclic amines) is 1. The second-order valence-electron chi connectivity index (χ2n) is 7.47. The number of carbonyl (C=O) groups is 2. The molecule has 1 N–H and O–H groups in total. The number of nitrogens with zero attached hydrogens (tertiary/aromatic N) is 2. The van der Waals surface area contributed by atoms with Gasteiger partial charge in [0.1, 0.15) is 12.4 Å². The van der Waals surface area contributed by atoms with E-state index in [9.17, 15) is 14.0 Å². The third kappa shape index (κ3) is 5.84. The molecule has 1 aromatic carbocycles. The highest BCUT2D eigenvalue weighted by molar-refractivity contribution is 6.04. The number of hydrogen-bond acceptors (Lipinski definition) is 4. The van der Waals surface area contributed by atoms with Gasteiger partial charge in [-0.15, -0.1) is 0 Å². The van der Waals surface area contributed by atoms with Crippen molar-refractivity contribution in [1.29, 1.82) is 0 Å². The van der Waals surface area contributed by atoms with Gasteiger partial charge in [0.2, 0.25) is 5.91 Å². The van der Waals surface area contributed by atoms with Crippen molar-refractivity contribution >= 4 is 17.5 Å². The Balaban J connectivity index is 1.59. The number of halogens is 1. The molecule has 1 atom stereocenters. The van der Waals surface area contributed by atoms with Crippen molar-refractivity contribution in [2.24, 2.45) is 0 Å². The van der Waals surface area contributed by atoms with Gasteiger partial charge in [0, 0.05) is 36.6 Å². The SMILES string of the molecule is CC(C)OCC(=O)N1CCC[C@H](c2ccc(C(=O)Nc3ccc(F)cc3)cn2)C1. The summed E-state index contributed by atoms with van der Waals surface area (Å²) < 4.78 is 18.4. The van der Waals surface area contributed by atoms with Gasteiger partial charge in [-0.05, 0) is 63.1 Å². The number of piperidine rings is 1. The maximum atomic E-state index is 13.0. The van der Waals surface area contributed by atoms with Crippen LogP contribution < -0.4 is 5.32 Å². The molecule has 1 aromatic heterocycles. The Morgan fingerprint density at radius 1 is 1.24 bits per heavy atom. The molecule has 0 spiro atoms. The molecule has 0 unspecified atom stereocenters. The van der Waals surface area contributed by atoms with E-state index in [0.717, 1.165) is 25.1 Å². The second kappa shape index (κ2) is 9.60. The zero-order valence-corrected chi connectivity index (χ0v) is 16.7. The van der Waals surface area contributed by atoms with Gasteiger partial charge in [-0.1, -0.05) is 0 Å². The number of aromatic nitrogens is 1. The number of nitrogens with one attached hydrogen (secondary N) is 1. The second-order valence-corrected chi connectivity index (χ2v) is 7.47. The Morgan fingerprint density at radius 2 is 2.00 bits per heavy atom. The fourth-order valence-electron chi connectivity index (χ4n) is 3.29. The van der Waals surface area contributed by atoms with E-state index in [-0.39, 0.29) is 36.3 Å². The van der Waals surface area contributed by atoms with Gasteiger partial charge in [-0.2, -0.15) is 0 Å². The Bertz CT molecular complexity index is 837. The van der Waals surface area contributed by atoms with Crippen molar-refractivity contribution in [3.63, 3.8) is 0 Å². The summed E-state index contributed by atoms with van der Waals surface area (Å²) in [6, 6.07) is 9.16. The zero-order chi connectivity index (χ0) is 20.8. The molecule has 1 aliphatic heterocycles. The lowest BCUT2D eigenvalue weighted by atomic mass is 9.94. The molecule has 154 valence electrons. The van der Waals surface area contributed by atoms with Crippen molar-refractivity contribution < 1.29 is 18.7 Å². The van der Waals surface area contributed by atoms with Gasteiger partial charge >= 0.3 is 0 Å². The smallest absolute Gasteiger partial charge is 0.257 e. The van der Waals surface area contributed by atoms with Crippen LogP contribution in [0.4, 0.5) is 10.1 Å². The molecule has 1 aliphatic rings. The summed E-state index contributed by atoms with van der Waals surface area (Å²) in [5, 5.41) is 2.72. The van der Waals surface area contributed by atoms with E-state index in [1.807, 2.05) is 24.8 Å². The predicted molar refractivity (Wildman–Crippen MR) is 108 cm³/mol. The van der Waals surface area contributed by atoms with E-state index >= 15 is 0 Å². The fourth-order valence-corrected chi connectivity index (χ4v) is 3.29. The van der Waals surface area contributed by atoms with E-state index in [4.69, 9.17) is 4.74 Å². The van der Waals surface area contributed by atoms with Crippen LogP contribution in [0.5, 0.6) is 0 Å². The Kier molecular flexibility index (Phi) is 6.93. The topological polar surface area (TPSA) is 71.5 Å². The highest BCUT2D eigenvalue weighted by Gasteiger charge is 2.25. The largest absolute Gasteiger partial charge is 0.369 e. The summed E-state index contributed by atoms with van der Waals surface area (Å²) in [4.78, 5) is 30.9. The van der Waals surface area contributed by atoms with E-state index < -0.39 is 0 Å². The summed E-state index contributed by atoms with van der Waals surface area (Å²) in [6.07, 6.45) is 3.42. The monoisotopic (exact) mass is 399 g/mol. The molecule has 0 radical (unpaired) electrons. The van der Waals surface area contributed by atoms with E-state index in [1.54, 1.807) is 6.07 Å². The molecule has 7 heteroatoms. The number of anilines is 1. The molecule has 0 bridgehead atoms. The number of ether oxygens (including phenoxy) is 1. The van der Waals surface area contributed by atoms with Crippen LogP contribution in [0.2, 0.25) is 0 Å². The molecule has 2 heterocycles. The minimum absolute atomic E-state index is 0.00121. The Morgan fingerprint density at radius 3 is 2.66 bits per heavy atom. The first kappa shape index (κ1) is 20.9. The average Bonchev–Trinajstić information content (AvgIpc) is 2.74. The lowest BCUT2D eigenvalue weighted by Crippen LogP contribution is -2.41. The molecule has 2 aromatic rings. The highest BCUT2D eigenvalue weighted by Crippen LogP contribution is 2.26. The first-order valence-corrected chi connectivity index (χ1v) is 9.84. The van der Waals surface area contributed by atoms with Crippen molar-refractivity contribution in [2.45, 2.75) is 38.7 Å². The number of rotatable bonds is 6. The van der Waals surface area contributed by atoms with Crippen LogP contribution in [-0.4, -0.2) is 47.5 Å². The molecule has 29 heavy (non-hydrogen) atoms. The van der Waals surface area contributed by atoms with Gasteiger partial charge < -0.3 is 15.0 Å². The predicted octanol–water partition coefficient (Wildman–Crippen LogP) is 3.60. The minimum Gasteiger partial charge on any atom is -0.369 e. The molecule has 6 nitrogen and oxygen atoms in total. The van der Waals surface area contributed by atoms with Crippen LogP contribution in [0, 0.1) is 5.82 Å².